The van der Waals surface area contributed by atoms with Crippen LogP contribution in [0.1, 0.15) is 38.4 Å². The zero-order valence-electron chi connectivity index (χ0n) is 9.07. The smallest absolute Gasteiger partial charge is 0.0412 e. The standard InChI is InChI=1S/C12H19N/c1-5-8-11-9(4)13-12(7-3)10(11)6-2/h6-7,13H,5,8H2,1-4H3/b10-6-,12-7+. The van der Waals surface area contributed by atoms with Crippen LogP contribution in [0.15, 0.2) is 0 Å². The minimum Gasteiger partial charge on any atom is -0.359 e. The first-order valence-corrected chi connectivity index (χ1v) is 5.04. The monoisotopic (exact) mass is 177 g/mol. The second-order valence-corrected chi connectivity index (χ2v) is 3.38. The Balaban J connectivity index is 3.42. The third kappa shape index (κ3) is 1.85. The van der Waals surface area contributed by atoms with E-state index < -0.39 is 0 Å². The fourth-order valence-electron chi connectivity index (χ4n) is 1.84. The molecule has 0 aliphatic heterocycles. The molecule has 0 radical (unpaired) electrons. The van der Waals surface area contributed by atoms with Crippen LogP contribution in [0, 0.1) is 6.92 Å². The predicted molar refractivity (Wildman–Crippen MR) is 59.1 cm³/mol. The Bertz CT molecular complexity index is 382. The summed E-state index contributed by atoms with van der Waals surface area (Å²) in [5.74, 6) is 0. The molecule has 72 valence electrons. The van der Waals surface area contributed by atoms with Gasteiger partial charge in [0, 0.05) is 11.0 Å². The van der Waals surface area contributed by atoms with Crippen molar-refractivity contribution < 1.29 is 0 Å². The van der Waals surface area contributed by atoms with Gasteiger partial charge in [0.05, 0.1) is 0 Å². The molecule has 0 saturated heterocycles. The Hall–Kier alpha value is -0.980. The predicted octanol–water partition coefficient (Wildman–Crippen LogP) is 1.88. The van der Waals surface area contributed by atoms with Gasteiger partial charge in [-0.05, 0) is 38.0 Å². The minimum absolute atomic E-state index is 1.18. The van der Waals surface area contributed by atoms with Crippen LogP contribution in [0.4, 0.5) is 0 Å². The molecule has 0 bridgehead atoms. The number of aromatic amines is 1. The number of H-pyrrole nitrogens is 1. The molecule has 0 aromatic carbocycles. The first-order chi connectivity index (χ1) is 6.24. The van der Waals surface area contributed by atoms with E-state index in [1.807, 2.05) is 0 Å². The van der Waals surface area contributed by atoms with Gasteiger partial charge in [0.2, 0.25) is 0 Å². The summed E-state index contributed by atoms with van der Waals surface area (Å²) in [6.45, 7) is 8.56. The van der Waals surface area contributed by atoms with Gasteiger partial charge in [-0.2, -0.15) is 0 Å². The van der Waals surface area contributed by atoms with Gasteiger partial charge in [0.1, 0.15) is 0 Å². The summed E-state index contributed by atoms with van der Waals surface area (Å²) in [6.07, 6.45) is 6.73. The molecule has 1 aromatic heterocycles. The zero-order valence-corrected chi connectivity index (χ0v) is 9.07. The second kappa shape index (κ2) is 4.31. The van der Waals surface area contributed by atoms with E-state index in [9.17, 15) is 0 Å². The summed E-state index contributed by atoms with van der Waals surface area (Å²) in [5.41, 5.74) is 2.81. The Morgan fingerprint density at radius 1 is 1.23 bits per heavy atom. The van der Waals surface area contributed by atoms with E-state index in [4.69, 9.17) is 0 Å². The van der Waals surface area contributed by atoms with Crippen LogP contribution in [0.25, 0.3) is 12.2 Å². The topological polar surface area (TPSA) is 15.8 Å². The Kier molecular flexibility index (Phi) is 3.35. The van der Waals surface area contributed by atoms with E-state index >= 15 is 0 Å². The molecular weight excluding hydrogens is 158 g/mol. The molecular formula is C12H19N. The van der Waals surface area contributed by atoms with Gasteiger partial charge in [-0.3, -0.25) is 0 Å². The highest BCUT2D eigenvalue weighted by Crippen LogP contribution is 2.00. The lowest BCUT2D eigenvalue weighted by atomic mass is 10.1. The van der Waals surface area contributed by atoms with Crippen LogP contribution in [0.5, 0.6) is 0 Å². The first-order valence-electron chi connectivity index (χ1n) is 5.04. The second-order valence-electron chi connectivity index (χ2n) is 3.38. The Labute approximate surface area is 80.2 Å². The highest BCUT2D eigenvalue weighted by Gasteiger charge is 2.01. The molecule has 1 aromatic rings. The summed E-state index contributed by atoms with van der Waals surface area (Å²) < 4.78 is 0. The van der Waals surface area contributed by atoms with Crippen molar-refractivity contribution in [3.63, 3.8) is 0 Å². The summed E-state index contributed by atoms with van der Waals surface area (Å²) in [6, 6.07) is 0. The fraction of sp³-hybridized carbons (Fsp3) is 0.500. The minimum atomic E-state index is 1.18. The van der Waals surface area contributed by atoms with Gasteiger partial charge < -0.3 is 4.98 Å². The average Bonchev–Trinajstić information content (AvgIpc) is 2.44. The molecule has 0 aliphatic rings. The molecule has 0 aliphatic carbocycles. The van der Waals surface area contributed by atoms with Gasteiger partial charge in [-0.15, -0.1) is 0 Å². The van der Waals surface area contributed by atoms with Gasteiger partial charge in [0.25, 0.3) is 0 Å². The van der Waals surface area contributed by atoms with Crippen molar-refractivity contribution in [1.82, 2.24) is 4.98 Å². The van der Waals surface area contributed by atoms with E-state index in [2.05, 4.69) is 44.8 Å². The van der Waals surface area contributed by atoms with Crippen molar-refractivity contribution in [2.24, 2.45) is 0 Å². The van der Waals surface area contributed by atoms with E-state index in [1.54, 1.807) is 0 Å². The van der Waals surface area contributed by atoms with Crippen LogP contribution >= 0.6 is 0 Å². The molecule has 0 saturated carbocycles. The van der Waals surface area contributed by atoms with Crippen LogP contribution in [0.3, 0.4) is 0 Å². The molecule has 0 amide bonds. The van der Waals surface area contributed by atoms with Crippen LogP contribution in [0.2, 0.25) is 0 Å². The summed E-state index contributed by atoms with van der Waals surface area (Å²) in [5, 5.41) is 2.66. The van der Waals surface area contributed by atoms with Gasteiger partial charge in [0.15, 0.2) is 0 Å². The third-order valence-electron chi connectivity index (χ3n) is 2.47. The quantitative estimate of drug-likeness (QED) is 0.710. The third-order valence-corrected chi connectivity index (χ3v) is 2.47. The Morgan fingerprint density at radius 3 is 2.38 bits per heavy atom. The van der Waals surface area contributed by atoms with Crippen molar-refractivity contribution in [2.45, 2.75) is 40.5 Å². The highest BCUT2D eigenvalue weighted by molar-refractivity contribution is 5.35. The van der Waals surface area contributed by atoms with Crippen molar-refractivity contribution in [2.75, 3.05) is 0 Å². The van der Waals surface area contributed by atoms with E-state index in [0.29, 0.717) is 0 Å². The molecule has 0 unspecified atom stereocenters. The summed E-state index contributed by atoms with van der Waals surface area (Å²) >= 11 is 0. The maximum absolute atomic E-state index is 3.41. The molecule has 1 nitrogen and oxygen atoms in total. The van der Waals surface area contributed by atoms with Crippen molar-refractivity contribution in [1.29, 1.82) is 0 Å². The lowest BCUT2D eigenvalue weighted by molar-refractivity contribution is 0.907. The molecule has 1 rings (SSSR count). The van der Waals surface area contributed by atoms with E-state index in [-0.39, 0.29) is 0 Å². The van der Waals surface area contributed by atoms with Gasteiger partial charge in [-0.1, -0.05) is 25.5 Å². The molecule has 1 N–H and O–H groups in total. The molecule has 0 spiro atoms. The van der Waals surface area contributed by atoms with Crippen LogP contribution in [-0.4, -0.2) is 4.98 Å². The van der Waals surface area contributed by atoms with Crippen LogP contribution in [-0.2, 0) is 6.42 Å². The van der Waals surface area contributed by atoms with Gasteiger partial charge in [-0.25, -0.2) is 0 Å². The lowest BCUT2D eigenvalue weighted by Gasteiger charge is -1.95. The number of aromatic nitrogens is 1. The van der Waals surface area contributed by atoms with Crippen LogP contribution < -0.4 is 10.6 Å². The summed E-state index contributed by atoms with van der Waals surface area (Å²) in [4.78, 5) is 3.41. The normalized spacial score (nSPS) is 14.2. The highest BCUT2D eigenvalue weighted by atomic mass is 14.7. The number of aryl methyl sites for hydroxylation is 1. The van der Waals surface area contributed by atoms with Crippen molar-refractivity contribution in [3.05, 3.63) is 21.8 Å². The van der Waals surface area contributed by atoms with Crippen molar-refractivity contribution in [3.8, 4) is 0 Å². The van der Waals surface area contributed by atoms with E-state index in [1.165, 1.54) is 34.7 Å². The Morgan fingerprint density at radius 2 is 1.92 bits per heavy atom. The molecule has 1 heteroatoms. The largest absolute Gasteiger partial charge is 0.359 e. The first kappa shape index (κ1) is 10.1. The number of rotatable bonds is 2. The molecule has 0 atom stereocenters. The number of nitrogens with one attached hydrogen (secondary N) is 1. The molecule has 1 heterocycles. The van der Waals surface area contributed by atoms with Gasteiger partial charge >= 0.3 is 0 Å². The van der Waals surface area contributed by atoms with E-state index in [0.717, 1.165) is 0 Å². The number of hydrogen-bond donors (Lipinski definition) is 1. The maximum Gasteiger partial charge on any atom is 0.0412 e. The average molecular weight is 177 g/mol. The SMILES string of the molecule is C/C=c1/c(CCC)c(C)[nH]/c1=C/C. The summed E-state index contributed by atoms with van der Waals surface area (Å²) in [7, 11) is 0. The maximum atomic E-state index is 3.41. The number of hydrogen-bond acceptors (Lipinski definition) is 0. The van der Waals surface area contributed by atoms with Crippen molar-refractivity contribution >= 4 is 12.2 Å². The molecule has 13 heavy (non-hydrogen) atoms. The lowest BCUT2D eigenvalue weighted by Crippen LogP contribution is -2.24. The zero-order chi connectivity index (χ0) is 9.84. The fourth-order valence-corrected chi connectivity index (χ4v) is 1.84. The molecule has 0 fully saturated rings.